The van der Waals surface area contributed by atoms with Crippen LogP contribution >= 0.6 is 0 Å². The summed E-state index contributed by atoms with van der Waals surface area (Å²) in [6.45, 7) is 2.09. The van der Waals surface area contributed by atoms with Gasteiger partial charge in [-0.15, -0.1) is 0 Å². The highest BCUT2D eigenvalue weighted by Gasteiger charge is 2.10. The Morgan fingerprint density at radius 1 is 1.00 bits per heavy atom. The largest absolute Gasteiger partial charge is 0.427 e. The molecule has 1 aliphatic rings. The van der Waals surface area contributed by atoms with Crippen molar-refractivity contribution in [3.05, 3.63) is 65.0 Å². The molecule has 0 atom stereocenters. The summed E-state index contributed by atoms with van der Waals surface area (Å²) in [6, 6.07) is 6.92. The fourth-order valence-electron chi connectivity index (χ4n) is 3.30. The second-order valence-electron chi connectivity index (χ2n) is 7.51. The molecule has 2 rings (SSSR count). The first-order chi connectivity index (χ1) is 14.1. The van der Waals surface area contributed by atoms with Crippen LogP contribution in [0.3, 0.4) is 0 Å². The Balaban J connectivity index is 1.67. The highest BCUT2D eigenvalue weighted by Crippen LogP contribution is 2.23. The van der Waals surface area contributed by atoms with E-state index < -0.39 is 0 Å². The molecule has 4 nitrogen and oxygen atoms in total. The van der Waals surface area contributed by atoms with Gasteiger partial charge in [-0.3, -0.25) is 14.7 Å². The van der Waals surface area contributed by atoms with E-state index in [0.717, 1.165) is 56.9 Å². The standard InChI is InChI=1S/C25H30O4/c1-20(19-21-10-14-23(27)15-11-21)22-12-16-24(17-13-22)29-25(28)9-7-5-3-2-4-6-8-18-26/h10-12,14-17H,2-9,13,19H2,1H3. The minimum absolute atomic E-state index is 0.0272. The molecule has 0 saturated carbocycles. The van der Waals surface area contributed by atoms with E-state index in [-0.39, 0.29) is 11.7 Å². The molecule has 0 spiro atoms. The zero-order chi connectivity index (χ0) is 20.9. The Bertz CT molecular complexity index is 754. The molecule has 1 aliphatic carbocycles. The monoisotopic (exact) mass is 394 g/mol. The molecule has 154 valence electrons. The predicted octanol–water partition coefficient (Wildman–Crippen LogP) is 6.31. The van der Waals surface area contributed by atoms with Gasteiger partial charge in [0.05, 0.1) is 0 Å². The molecule has 1 aromatic rings. The van der Waals surface area contributed by atoms with Crippen molar-refractivity contribution in [1.29, 1.82) is 0 Å². The van der Waals surface area contributed by atoms with Crippen molar-refractivity contribution in [3.63, 3.8) is 0 Å². The summed E-state index contributed by atoms with van der Waals surface area (Å²) in [5.41, 5.74) is 3.57. The molecule has 0 saturated heterocycles. The van der Waals surface area contributed by atoms with Crippen molar-refractivity contribution < 1.29 is 19.4 Å². The van der Waals surface area contributed by atoms with Crippen molar-refractivity contribution in [2.75, 3.05) is 0 Å². The first-order valence-electron chi connectivity index (χ1n) is 10.5. The molecule has 0 bridgehead atoms. The van der Waals surface area contributed by atoms with Crippen LogP contribution in [-0.2, 0) is 25.9 Å². The molecular formula is C25H30O4. The third-order valence-corrected chi connectivity index (χ3v) is 5.05. The lowest BCUT2D eigenvalue weighted by Gasteiger charge is -2.13. The number of benzene rings is 1. The molecule has 4 heteroatoms. The van der Waals surface area contributed by atoms with Gasteiger partial charge in [-0.25, -0.2) is 0 Å². The van der Waals surface area contributed by atoms with Gasteiger partial charge in [0.1, 0.15) is 5.76 Å². The molecule has 29 heavy (non-hydrogen) atoms. The molecule has 2 radical (unpaired) electrons. The summed E-state index contributed by atoms with van der Waals surface area (Å²) < 4.78 is 5.45. The Labute approximate surface area is 174 Å². The molecular weight excluding hydrogens is 364 g/mol. The van der Waals surface area contributed by atoms with Crippen LogP contribution in [0.2, 0.25) is 0 Å². The fraction of sp³-hybridized carbons (Fsp3) is 0.440. The summed E-state index contributed by atoms with van der Waals surface area (Å²) in [6.07, 6.45) is 16.2. The van der Waals surface area contributed by atoms with Crippen molar-refractivity contribution in [2.45, 2.75) is 71.1 Å². The third-order valence-electron chi connectivity index (χ3n) is 5.05. The smallest absolute Gasteiger partial charge is 0.311 e. The SMILES string of the molecule is CC(Cc1ccc([O])cc1)=C1C=CC(OC(=O)CCCCCCCC[C]=O)=CC1. The Morgan fingerprint density at radius 2 is 1.69 bits per heavy atom. The first kappa shape index (κ1) is 22.7. The number of ether oxygens (including phenoxy) is 1. The van der Waals surface area contributed by atoms with Crippen LogP contribution in [-0.4, -0.2) is 12.3 Å². The second-order valence-corrected chi connectivity index (χ2v) is 7.51. The maximum Gasteiger partial charge on any atom is 0.311 e. The summed E-state index contributed by atoms with van der Waals surface area (Å²) >= 11 is 0. The topological polar surface area (TPSA) is 63.3 Å². The van der Waals surface area contributed by atoms with Gasteiger partial charge in [-0.2, -0.15) is 0 Å². The van der Waals surface area contributed by atoms with E-state index >= 15 is 0 Å². The molecule has 0 unspecified atom stereocenters. The highest BCUT2D eigenvalue weighted by atomic mass is 16.5. The molecule has 0 aromatic heterocycles. The number of unbranched alkanes of at least 4 members (excludes halogenated alkanes) is 6. The lowest BCUT2D eigenvalue weighted by Crippen LogP contribution is -2.05. The van der Waals surface area contributed by atoms with Crippen LogP contribution in [0.4, 0.5) is 0 Å². The average Bonchev–Trinajstić information content (AvgIpc) is 2.72. The van der Waals surface area contributed by atoms with Crippen LogP contribution in [0.15, 0.2) is 59.4 Å². The lowest BCUT2D eigenvalue weighted by atomic mass is 9.96. The lowest BCUT2D eigenvalue weighted by molar-refractivity contribution is -0.139. The van der Waals surface area contributed by atoms with Crippen LogP contribution in [0.25, 0.3) is 0 Å². The van der Waals surface area contributed by atoms with Crippen molar-refractivity contribution in [2.24, 2.45) is 0 Å². The van der Waals surface area contributed by atoms with Crippen LogP contribution in [0.1, 0.15) is 70.3 Å². The first-order valence-corrected chi connectivity index (χ1v) is 10.5. The average molecular weight is 395 g/mol. The fourth-order valence-corrected chi connectivity index (χ4v) is 3.30. The number of hydrogen-bond donors (Lipinski definition) is 0. The van der Waals surface area contributed by atoms with Crippen LogP contribution in [0, 0.1) is 0 Å². The van der Waals surface area contributed by atoms with Gasteiger partial charge in [0.15, 0.2) is 12.0 Å². The number of esters is 1. The quantitative estimate of drug-likeness (QED) is 0.308. The Kier molecular flexibility index (Phi) is 9.98. The van der Waals surface area contributed by atoms with Crippen molar-refractivity contribution in [1.82, 2.24) is 0 Å². The number of carbonyl (C=O) groups is 1. The van der Waals surface area contributed by atoms with Crippen LogP contribution in [0.5, 0.6) is 5.75 Å². The van der Waals surface area contributed by atoms with Crippen molar-refractivity contribution >= 4 is 12.3 Å². The van der Waals surface area contributed by atoms with E-state index in [4.69, 9.17) is 4.74 Å². The van der Waals surface area contributed by atoms with E-state index in [1.807, 2.05) is 36.6 Å². The molecule has 0 fully saturated rings. The number of allylic oxidation sites excluding steroid dienone is 5. The Morgan fingerprint density at radius 3 is 2.34 bits per heavy atom. The zero-order valence-electron chi connectivity index (χ0n) is 17.2. The second kappa shape index (κ2) is 12.8. The molecule has 0 heterocycles. The zero-order valence-corrected chi connectivity index (χ0v) is 17.2. The highest BCUT2D eigenvalue weighted by molar-refractivity contribution is 5.71. The molecule has 0 aliphatic heterocycles. The minimum Gasteiger partial charge on any atom is -0.427 e. The van der Waals surface area contributed by atoms with Gasteiger partial charge in [0.25, 0.3) is 0 Å². The molecule has 0 amide bonds. The summed E-state index contributed by atoms with van der Waals surface area (Å²) in [5, 5.41) is 11.2. The number of hydrogen-bond acceptors (Lipinski definition) is 3. The maximum absolute atomic E-state index is 12.0. The molecule has 1 aromatic carbocycles. The van der Waals surface area contributed by atoms with Gasteiger partial charge in [-0.1, -0.05) is 49.5 Å². The van der Waals surface area contributed by atoms with E-state index in [1.165, 1.54) is 11.1 Å². The minimum atomic E-state index is -0.182. The summed E-state index contributed by atoms with van der Waals surface area (Å²) in [4.78, 5) is 22.1. The predicted molar refractivity (Wildman–Crippen MR) is 114 cm³/mol. The number of carbonyl (C=O) groups excluding carboxylic acids is 2. The maximum atomic E-state index is 12.0. The van der Waals surface area contributed by atoms with E-state index in [1.54, 1.807) is 12.1 Å². The molecule has 0 N–H and O–H groups in total. The van der Waals surface area contributed by atoms with Gasteiger partial charge in [-0.05, 0) is 68.0 Å². The van der Waals surface area contributed by atoms with Gasteiger partial charge in [0.2, 0.25) is 0 Å². The van der Waals surface area contributed by atoms with E-state index in [9.17, 15) is 14.7 Å². The normalized spacial score (nSPS) is 15.0. The Hall–Kier alpha value is -2.62. The van der Waals surface area contributed by atoms with E-state index in [2.05, 4.69) is 6.92 Å². The van der Waals surface area contributed by atoms with Gasteiger partial charge < -0.3 is 4.74 Å². The van der Waals surface area contributed by atoms with Gasteiger partial charge in [0, 0.05) is 12.8 Å². The number of rotatable bonds is 12. The third kappa shape index (κ3) is 8.95. The summed E-state index contributed by atoms with van der Waals surface area (Å²) in [7, 11) is 0. The van der Waals surface area contributed by atoms with Crippen LogP contribution < -0.4 is 0 Å². The van der Waals surface area contributed by atoms with Gasteiger partial charge >= 0.3 is 5.97 Å². The summed E-state index contributed by atoms with van der Waals surface area (Å²) in [5.74, 6) is 0.463. The van der Waals surface area contributed by atoms with Crippen molar-refractivity contribution in [3.8, 4) is 5.75 Å². The van der Waals surface area contributed by atoms with E-state index in [0.29, 0.717) is 18.6 Å².